The van der Waals surface area contributed by atoms with E-state index >= 15 is 0 Å². The normalized spacial score (nSPS) is 11.8. The molecule has 0 saturated carbocycles. The van der Waals surface area contributed by atoms with Gasteiger partial charge in [-0.2, -0.15) is 0 Å². The quantitative estimate of drug-likeness (QED) is 0.0256. The van der Waals surface area contributed by atoms with Crippen LogP contribution in [0.15, 0.2) is 0 Å². The van der Waals surface area contributed by atoms with Crippen molar-refractivity contribution in [3.05, 3.63) is 0 Å². The minimum atomic E-state index is -1.28. The number of carbonyl (C=O) groups is 1. The van der Waals surface area contributed by atoms with Gasteiger partial charge in [0.1, 0.15) is 26.4 Å². The zero-order valence-electron chi connectivity index (χ0n) is 62.9. The van der Waals surface area contributed by atoms with Crippen molar-refractivity contribution in [3.8, 4) is 0 Å². The first kappa shape index (κ1) is 142. The third kappa shape index (κ3) is 138. The van der Waals surface area contributed by atoms with E-state index in [9.17, 15) is 4.79 Å². The minimum Gasteiger partial charge on any atom is -0.432 e. The van der Waals surface area contributed by atoms with Crippen LogP contribution in [0.2, 0.25) is 0 Å². The van der Waals surface area contributed by atoms with Gasteiger partial charge in [-0.1, -0.05) is 6.92 Å². The lowest BCUT2D eigenvalue weighted by atomic mass is 10.5. The van der Waals surface area contributed by atoms with Crippen LogP contribution in [0.1, 0.15) is 13.3 Å². The summed E-state index contributed by atoms with van der Waals surface area (Å²) in [5.41, 5.74) is 0. The van der Waals surface area contributed by atoms with E-state index in [2.05, 4.69) is 694 Å². The van der Waals surface area contributed by atoms with Gasteiger partial charge in [0.15, 0.2) is 0 Å². The van der Waals surface area contributed by atoms with Crippen molar-refractivity contribution in [1.82, 2.24) is 0 Å². The highest BCUT2D eigenvalue weighted by molar-refractivity contribution is 5.58. The Hall–Kier alpha value is -6.21. The van der Waals surface area contributed by atoms with Crippen LogP contribution in [0.5, 0.6) is 0 Å². The van der Waals surface area contributed by atoms with Crippen molar-refractivity contribution in [1.29, 1.82) is 0 Å². The van der Waals surface area contributed by atoms with Crippen LogP contribution in [-0.4, -0.2) is 44.4 Å². The van der Waals surface area contributed by atoms with E-state index < -0.39 is 32.6 Å². The number of carbonyl (C=O) groups excluding carboxylic acids is 1. The maximum Gasteiger partial charge on any atom is 0.542 e. The molecule has 140 heteroatoms. The Bertz CT molecular complexity index is 1980. The number of ether oxygens (including phenoxy) is 1. The van der Waals surface area contributed by atoms with Crippen LogP contribution >= 0.6 is 0 Å². The summed E-state index contributed by atoms with van der Waals surface area (Å²) in [6.45, 7) is -0.0478. The van der Waals surface area contributed by atoms with E-state index in [1.54, 1.807) is 6.92 Å². The lowest BCUT2D eigenvalue weighted by Gasteiger charge is -2.02. The van der Waals surface area contributed by atoms with Crippen molar-refractivity contribution in [3.63, 3.8) is 0 Å². The molecule has 0 radical (unpaired) electrons. The summed E-state index contributed by atoms with van der Waals surface area (Å²) in [4.78, 5) is 31.6. The molecule has 0 aliphatic rings. The van der Waals surface area contributed by atoms with E-state index in [4.69, 9.17) is 5.26 Å². The van der Waals surface area contributed by atoms with E-state index in [1.807, 2.05) is 0 Å². The van der Waals surface area contributed by atoms with Crippen LogP contribution in [0.3, 0.4) is 0 Å². The molecule has 0 amide bonds. The summed E-state index contributed by atoms with van der Waals surface area (Å²) in [5, 5.41) is 474. The topological polar surface area (TPSA) is 1310 Å². The molecule has 0 unspecified atom stereocenters. The maximum absolute atomic E-state index is 10.8. The van der Waals surface area contributed by atoms with Crippen LogP contribution in [0.4, 0.5) is 4.79 Å². The summed E-state index contributed by atoms with van der Waals surface area (Å²) >= 11 is 0. The predicted molar refractivity (Wildman–Crippen MR) is 192 cm³/mol. The Morgan fingerprint density at radius 3 is 0.284 bits per heavy atom. The van der Waals surface area contributed by atoms with Gasteiger partial charge >= 0.3 is 6.16 Å². The highest BCUT2D eigenvalue weighted by Crippen LogP contribution is 2.07. The monoisotopic (exact) mass is 2350 g/mol. The van der Waals surface area contributed by atoms with E-state index in [0.29, 0.717) is 6.42 Å². The Kier molecular flexibility index (Phi) is 133. The lowest BCUT2D eigenvalue weighted by molar-refractivity contribution is -0.913. The minimum absolute atomic E-state index is 0.0287. The molecular weight excluding hydrogens is 2340 g/mol. The molecule has 0 bridgehead atoms. The van der Waals surface area contributed by atoms with Crippen molar-refractivity contribution in [2.75, 3.05) is 33.0 Å². The van der Waals surface area contributed by atoms with Gasteiger partial charge in [0, 0.05) is 529 Å². The average Bonchev–Trinajstić information content (AvgIpc) is 1.05. The molecule has 0 saturated heterocycles. The molecule has 140 nitrogen and oxygen atoms in total. The summed E-state index contributed by atoms with van der Waals surface area (Å²) in [7, 11) is 0. The predicted octanol–water partition coefficient (Wildman–Crippen LogP) is -8.11. The van der Waals surface area contributed by atoms with Gasteiger partial charge in [-0.3, -0.25) is 0 Å². The molecule has 0 aromatic heterocycles. The molecule has 148 heavy (non-hydrogen) atoms. The van der Waals surface area contributed by atoms with Crippen LogP contribution in [0.25, 0.3) is 0 Å². The van der Waals surface area contributed by atoms with Crippen LogP contribution < -0.4 is 0 Å². The van der Waals surface area contributed by atoms with Gasteiger partial charge in [-0.05, 0) is 142 Å². The van der Waals surface area contributed by atoms with Gasteiger partial charge in [0.05, 0.1) is 6.61 Å². The number of hydrogen-bond donors (Lipinski definition) is 1. The zero-order chi connectivity index (χ0) is 105. The summed E-state index contributed by atoms with van der Waals surface area (Å²) < 4.78 is 4.39. The zero-order valence-corrected chi connectivity index (χ0v) is 62.9. The Balaban J connectivity index is 3.11. The molecule has 0 heterocycles. The maximum atomic E-state index is 10.8. The third-order valence-corrected chi connectivity index (χ3v) is 4.80. The fourth-order valence-corrected chi connectivity index (χ4v) is 2.03. The molecule has 0 aliphatic heterocycles. The largest absolute Gasteiger partial charge is 0.542 e. The summed E-state index contributed by atoms with van der Waals surface area (Å²) in [6.07, 6.45) is -0.785. The standard InChI is InChI=1S/C8H16O140/c1-2-3-11-8(9)16-22-28-34-40-44-47-49-51-53-55-57-59-61-63-65-67-69-71-73-75-77-79-81-83-85-87-89-91-93-95-97-99-101-103-105-107-109-111-113-115-117-119-121-123-125-127-129-131-133-135-137-139-141-143-145-147-148-146-144-142-140-138-136-134-132-130-128-126-124-122-120-118-116-114-112-110-108-106-104-102-100-98-96-94-92-90-88-86-84-82-80-78-76-74-72-70-68-66-64-62-60-58-56-54-52-50-48-46-43-39-33-27-21-15-7-5-13-19-25-31-37-36-30-24-18-12-4-6-14-20-26-32-38-42-45-41-35-29-23-17-10/h10H,2-7H2,1H3. The highest BCUT2D eigenvalue weighted by atomic mass is 18.1. The van der Waals surface area contributed by atoms with Crippen molar-refractivity contribution in [2.45, 2.75) is 13.3 Å². The first-order chi connectivity index (χ1) is 73.8. The molecule has 0 aliphatic carbocycles. The highest BCUT2D eigenvalue weighted by Gasteiger charge is 2.14. The average molecular weight is 2350 g/mol. The van der Waals surface area contributed by atoms with Gasteiger partial charge in [0.25, 0.3) is 0 Å². The molecule has 0 aromatic carbocycles. The van der Waals surface area contributed by atoms with Gasteiger partial charge < -0.3 is 4.74 Å². The first-order valence-electron chi connectivity index (χ1n) is 26.8. The fourth-order valence-electron chi connectivity index (χ4n) is 2.03. The van der Waals surface area contributed by atoms with Gasteiger partial charge in [-0.25, -0.2) is 34.5 Å². The van der Waals surface area contributed by atoms with E-state index in [0.717, 1.165) is 0 Å². The lowest BCUT2D eigenvalue weighted by Crippen LogP contribution is -2.10. The fraction of sp³-hybridized carbons (Fsp3) is 0.875. The van der Waals surface area contributed by atoms with Crippen molar-refractivity contribution < 1.29 is 704 Å². The van der Waals surface area contributed by atoms with E-state index in [1.165, 1.54) is 0 Å². The molecule has 0 fully saturated rings. The smallest absolute Gasteiger partial charge is 0.432 e. The van der Waals surface area contributed by atoms with Crippen LogP contribution in [0, 0.1) is 0 Å². The second kappa shape index (κ2) is 139. The molecule has 0 atom stereocenters. The molecule has 0 spiro atoms. The Morgan fingerprint density at radius 1 is 0.115 bits per heavy atom. The Morgan fingerprint density at radius 2 is 0.196 bits per heavy atom. The molecular formula is C8H16O140. The third-order valence-electron chi connectivity index (χ3n) is 4.80. The number of rotatable bonds is 142. The van der Waals surface area contributed by atoms with Crippen LogP contribution in [-0.2, 0) is 694 Å². The second-order valence-electron chi connectivity index (χ2n) is 11.5. The molecule has 1 N–H and O–H groups in total. The van der Waals surface area contributed by atoms with Crippen molar-refractivity contribution >= 4 is 6.16 Å². The SMILES string of the molecule is CCCOC(=O)OOOOOOOOOOOOOOOOOOOOOOOOOOOOOOOOOOOOOOOOOOOOOOOOOOOOOOOOOOOOOOOOOOOOOOOOOOOOOOOOOOOOOOOOOOOOOOOOOOOOOOOOOOOOOOOOOOOCCOOOOOOOOOOCCOOOOOOOOOOOOO. The molecule has 0 rings (SSSR count). The summed E-state index contributed by atoms with van der Waals surface area (Å²) in [6, 6.07) is 0. The van der Waals surface area contributed by atoms with Gasteiger partial charge in [0.2, 0.25) is 0 Å². The second-order valence-corrected chi connectivity index (χ2v) is 11.5. The molecule has 0 aromatic rings. The summed E-state index contributed by atoms with van der Waals surface area (Å²) in [5.74, 6) is 0. The first-order valence-corrected chi connectivity index (χ1v) is 26.8. The van der Waals surface area contributed by atoms with Gasteiger partial charge in [-0.15, -0.1) is 0 Å². The van der Waals surface area contributed by atoms with Crippen molar-refractivity contribution in [2.24, 2.45) is 0 Å². The number of hydrogen-bond acceptors (Lipinski definition) is 140. The van der Waals surface area contributed by atoms with E-state index in [-0.39, 0.29) is 6.61 Å². The Labute approximate surface area is 758 Å². The molecule has 888 valence electrons.